The predicted octanol–water partition coefficient (Wildman–Crippen LogP) is -0.515. The lowest BCUT2D eigenvalue weighted by Crippen LogP contribution is -1.87. The summed E-state index contributed by atoms with van der Waals surface area (Å²) in [5.74, 6) is -0.625. The number of rotatable bonds is 2. The van der Waals surface area contributed by atoms with E-state index < -0.39 is 5.97 Å². The minimum absolute atomic E-state index is 0.0926. The first-order chi connectivity index (χ1) is 5.18. The molecule has 6 nitrogen and oxygen atoms in total. The molecule has 0 saturated heterocycles. The number of aromatic nitrogens is 3. The molecular weight excluding hydrogens is 148 g/mol. The smallest absolute Gasteiger partial charge is 0.328 e. The maximum atomic E-state index is 10.00. The van der Waals surface area contributed by atoms with Crippen LogP contribution in [0.2, 0.25) is 0 Å². The van der Waals surface area contributed by atoms with E-state index in [0.717, 1.165) is 6.08 Å². The van der Waals surface area contributed by atoms with Crippen LogP contribution in [-0.2, 0) is 4.79 Å². The normalized spacial score (nSPS) is 10.5. The van der Waals surface area contributed by atoms with Crippen molar-refractivity contribution in [3.63, 3.8) is 0 Å². The van der Waals surface area contributed by atoms with Crippen molar-refractivity contribution in [2.24, 2.45) is 0 Å². The molecule has 1 rings (SSSR count). The zero-order valence-corrected chi connectivity index (χ0v) is 5.48. The van der Waals surface area contributed by atoms with E-state index in [4.69, 9.17) is 10.8 Å². The molecule has 11 heavy (non-hydrogen) atoms. The van der Waals surface area contributed by atoms with Crippen molar-refractivity contribution in [2.45, 2.75) is 0 Å². The van der Waals surface area contributed by atoms with Gasteiger partial charge in [-0.05, 0) is 6.08 Å². The van der Waals surface area contributed by atoms with E-state index in [9.17, 15) is 4.79 Å². The Balaban J connectivity index is 2.71. The first-order valence-corrected chi connectivity index (χ1v) is 2.77. The van der Waals surface area contributed by atoms with Gasteiger partial charge in [0.05, 0.1) is 0 Å². The number of H-pyrrole nitrogens is 1. The Kier molecular flexibility index (Phi) is 1.86. The number of nitrogen functional groups attached to an aromatic ring is 1. The number of carboxylic acids is 1. The van der Waals surface area contributed by atoms with Crippen molar-refractivity contribution in [1.82, 2.24) is 15.2 Å². The standard InChI is InChI=1S/C5H6N4O2/c6-5-7-3(8-9-5)1-2-4(10)11/h1-2H,(H,10,11)(H3,6,7,8,9)/b2-1+. The van der Waals surface area contributed by atoms with Crippen LogP contribution in [0.1, 0.15) is 5.82 Å². The number of carboxylic acid groups (broad SMARTS) is 1. The number of carbonyl (C=O) groups is 1. The summed E-state index contributed by atoms with van der Waals surface area (Å²) < 4.78 is 0. The maximum Gasteiger partial charge on any atom is 0.328 e. The molecule has 1 aromatic heterocycles. The fourth-order valence-corrected chi connectivity index (χ4v) is 0.513. The van der Waals surface area contributed by atoms with Gasteiger partial charge >= 0.3 is 5.97 Å². The molecule has 4 N–H and O–H groups in total. The summed E-state index contributed by atoms with van der Waals surface area (Å²) in [7, 11) is 0. The van der Waals surface area contributed by atoms with Gasteiger partial charge in [-0.2, -0.15) is 4.98 Å². The van der Waals surface area contributed by atoms with Crippen LogP contribution in [0.3, 0.4) is 0 Å². The molecule has 58 valence electrons. The van der Waals surface area contributed by atoms with Crippen LogP contribution in [-0.4, -0.2) is 26.3 Å². The molecule has 0 saturated carbocycles. The number of aromatic amines is 1. The third-order valence-corrected chi connectivity index (χ3v) is 0.904. The quantitative estimate of drug-likeness (QED) is 0.497. The molecule has 1 aromatic rings. The lowest BCUT2D eigenvalue weighted by molar-refractivity contribution is -0.131. The van der Waals surface area contributed by atoms with Crippen LogP contribution in [0.15, 0.2) is 6.08 Å². The molecule has 0 aliphatic carbocycles. The van der Waals surface area contributed by atoms with Crippen molar-refractivity contribution in [1.29, 1.82) is 0 Å². The molecule has 0 aliphatic heterocycles. The molecule has 1 heterocycles. The van der Waals surface area contributed by atoms with Gasteiger partial charge in [0.2, 0.25) is 5.95 Å². The van der Waals surface area contributed by atoms with Crippen LogP contribution in [0.4, 0.5) is 5.95 Å². The number of nitrogens with zero attached hydrogens (tertiary/aromatic N) is 2. The van der Waals surface area contributed by atoms with Crippen LogP contribution in [0.25, 0.3) is 6.08 Å². The fourth-order valence-electron chi connectivity index (χ4n) is 0.513. The summed E-state index contributed by atoms with van der Waals surface area (Å²) in [6, 6.07) is 0. The average Bonchev–Trinajstić information content (AvgIpc) is 2.31. The van der Waals surface area contributed by atoms with Gasteiger partial charge in [-0.25, -0.2) is 4.79 Å². The van der Waals surface area contributed by atoms with Gasteiger partial charge in [-0.3, -0.25) is 5.10 Å². The lowest BCUT2D eigenvalue weighted by atomic mass is 10.5. The molecular formula is C5H6N4O2. The Morgan fingerprint density at radius 3 is 2.91 bits per heavy atom. The molecule has 0 amide bonds. The van der Waals surface area contributed by atoms with E-state index in [1.54, 1.807) is 0 Å². The van der Waals surface area contributed by atoms with E-state index in [1.165, 1.54) is 6.08 Å². The average molecular weight is 154 g/mol. The second kappa shape index (κ2) is 2.82. The summed E-state index contributed by atoms with van der Waals surface area (Å²) >= 11 is 0. The molecule has 0 atom stereocenters. The highest BCUT2D eigenvalue weighted by Crippen LogP contribution is 1.94. The second-order valence-electron chi connectivity index (χ2n) is 1.75. The predicted molar refractivity (Wildman–Crippen MR) is 37.5 cm³/mol. The Morgan fingerprint density at radius 2 is 2.45 bits per heavy atom. The third kappa shape index (κ3) is 2.09. The Morgan fingerprint density at radius 1 is 1.73 bits per heavy atom. The molecule has 0 unspecified atom stereocenters. The number of anilines is 1. The van der Waals surface area contributed by atoms with Gasteiger partial charge in [-0.1, -0.05) is 0 Å². The van der Waals surface area contributed by atoms with Crippen molar-refractivity contribution in [2.75, 3.05) is 5.73 Å². The van der Waals surface area contributed by atoms with Crippen LogP contribution < -0.4 is 5.73 Å². The van der Waals surface area contributed by atoms with E-state index in [2.05, 4.69) is 15.2 Å². The van der Waals surface area contributed by atoms with Crippen molar-refractivity contribution < 1.29 is 9.90 Å². The maximum absolute atomic E-state index is 10.00. The van der Waals surface area contributed by atoms with Crippen molar-refractivity contribution in [3.8, 4) is 0 Å². The molecule has 0 aromatic carbocycles. The zero-order valence-electron chi connectivity index (χ0n) is 5.48. The highest BCUT2D eigenvalue weighted by molar-refractivity contribution is 5.84. The van der Waals surface area contributed by atoms with Gasteiger partial charge in [0.25, 0.3) is 0 Å². The highest BCUT2D eigenvalue weighted by atomic mass is 16.4. The SMILES string of the molecule is Nc1n[nH]c(/C=C/C(=O)O)n1. The molecule has 6 heteroatoms. The number of aliphatic carboxylic acids is 1. The second-order valence-corrected chi connectivity index (χ2v) is 1.75. The van der Waals surface area contributed by atoms with Gasteiger partial charge in [0.15, 0.2) is 5.82 Å². The zero-order chi connectivity index (χ0) is 8.27. The van der Waals surface area contributed by atoms with Crippen LogP contribution >= 0.6 is 0 Å². The van der Waals surface area contributed by atoms with Crippen molar-refractivity contribution >= 4 is 18.0 Å². The summed E-state index contributed by atoms with van der Waals surface area (Å²) in [6.45, 7) is 0. The summed E-state index contributed by atoms with van der Waals surface area (Å²) in [5, 5.41) is 14.1. The molecule has 0 spiro atoms. The Labute approximate surface area is 61.7 Å². The number of nitrogens with two attached hydrogens (primary N) is 1. The van der Waals surface area contributed by atoms with Crippen LogP contribution in [0.5, 0.6) is 0 Å². The molecule has 0 fully saturated rings. The highest BCUT2D eigenvalue weighted by Gasteiger charge is 1.94. The molecule has 0 radical (unpaired) electrons. The van der Waals surface area contributed by atoms with Crippen LogP contribution in [0, 0.1) is 0 Å². The van der Waals surface area contributed by atoms with E-state index >= 15 is 0 Å². The largest absolute Gasteiger partial charge is 0.478 e. The number of nitrogens with one attached hydrogen (secondary N) is 1. The Hall–Kier alpha value is -1.85. The minimum Gasteiger partial charge on any atom is -0.478 e. The Bertz CT molecular complexity index is 290. The number of hydrogen-bond donors (Lipinski definition) is 3. The molecule has 0 bridgehead atoms. The summed E-state index contributed by atoms with van der Waals surface area (Å²) in [5.41, 5.74) is 5.15. The summed E-state index contributed by atoms with van der Waals surface area (Å²) in [6.07, 6.45) is 2.21. The molecule has 0 aliphatic rings. The van der Waals surface area contributed by atoms with Gasteiger partial charge in [0, 0.05) is 6.08 Å². The van der Waals surface area contributed by atoms with E-state index in [1.807, 2.05) is 0 Å². The topological polar surface area (TPSA) is 105 Å². The van der Waals surface area contributed by atoms with Gasteiger partial charge < -0.3 is 10.8 Å². The fraction of sp³-hybridized carbons (Fsp3) is 0. The third-order valence-electron chi connectivity index (χ3n) is 0.904. The van der Waals surface area contributed by atoms with Crippen molar-refractivity contribution in [3.05, 3.63) is 11.9 Å². The van der Waals surface area contributed by atoms with Gasteiger partial charge in [-0.15, -0.1) is 5.10 Å². The summed E-state index contributed by atoms with van der Waals surface area (Å²) in [4.78, 5) is 13.6. The first-order valence-electron chi connectivity index (χ1n) is 2.77. The van der Waals surface area contributed by atoms with E-state index in [-0.39, 0.29) is 5.95 Å². The minimum atomic E-state index is -1.04. The van der Waals surface area contributed by atoms with Gasteiger partial charge in [0.1, 0.15) is 0 Å². The van der Waals surface area contributed by atoms with E-state index in [0.29, 0.717) is 5.82 Å². The monoisotopic (exact) mass is 154 g/mol. The lowest BCUT2D eigenvalue weighted by Gasteiger charge is -1.78. The number of hydrogen-bond acceptors (Lipinski definition) is 4. The first kappa shape index (κ1) is 7.26.